The zero-order chi connectivity index (χ0) is 21.8. The fourth-order valence-electron chi connectivity index (χ4n) is 3.61. The molecule has 0 spiro atoms. The molecule has 0 aromatic heterocycles. The van der Waals surface area contributed by atoms with E-state index in [2.05, 4.69) is 19.2 Å². The fourth-order valence-corrected chi connectivity index (χ4v) is 4.22. The van der Waals surface area contributed by atoms with Crippen LogP contribution >= 0.6 is 11.8 Å². The van der Waals surface area contributed by atoms with Gasteiger partial charge in [0.25, 0.3) is 0 Å². The molecule has 1 aliphatic rings. The Balaban J connectivity index is 2.01. The monoisotopic (exact) mass is 418 g/mol. The molecule has 6 heteroatoms. The van der Waals surface area contributed by atoms with E-state index in [4.69, 9.17) is 0 Å². The van der Waals surface area contributed by atoms with Gasteiger partial charge in [-0.05, 0) is 55.1 Å². The summed E-state index contributed by atoms with van der Waals surface area (Å²) in [5.41, 5.74) is 1.26. The number of nitrogens with zero attached hydrogens (tertiary/aromatic N) is 1. The molecule has 5 nitrogen and oxygen atoms in total. The van der Waals surface area contributed by atoms with Gasteiger partial charge in [-0.3, -0.25) is 14.4 Å². The summed E-state index contributed by atoms with van der Waals surface area (Å²) >= 11 is 1.41. The number of hydrogen-bond donors (Lipinski definition) is 1. The van der Waals surface area contributed by atoms with E-state index in [1.165, 1.54) is 16.7 Å². The summed E-state index contributed by atoms with van der Waals surface area (Å²) in [6.07, 6.45) is 4.56. The Hall–Kier alpha value is -1.82. The van der Waals surface area contributed by atoms with Gasteiger partial charge in [0, 0.05) is 18.9 Å². The summed E-state index contributed by atoms with van der Waals surface area (Å²) in [6.45, 7) is 10.5. The third-order valence-corrected chi connectivity index (χ3v) is 6.42. The smallest absolute Gasteiger partial charge is 0.247 e. The van der Waals surface area contributed by atoms with Crippen molar-refractivity contribution < 1.29 is 14.4 Å². The van der Waals surface area contributed by atoms with Crippen LogP contribution in [0.5, 0.6) is 0 Å². The Morgan fingerprint density at radius 1 is 1.17 bits per heavy atom. The van der Waals surface area contributed by atoms with Crippen LogP contribution in [0, 0.1) is 5.92 Å². The average Bonchev–Trinajstić information content (AvgIpc) is 2.93. The standard InChI is InChI=1S/C23H34N2O3S/c1-15(2)7-8-16(3)24-20(26)14-23(4,5)17-9-11-18(12-10-17)25-21(27)13-19(29-6)22(25)28/h9-12,15-16,19H,7-8,13-14H2,1-6H3,(H,24,26). The van der Waals surface area contributed by atoms with Crippen LogP contribution in [0.1, 0.15) is 65.9 Å². The number of thioether (sulfide) groups is 1. The van der Waals surface area contributed by atoms with Crippen LogP contribution in [-0.2, 0) is 19.8 Å². The lowest BCUT2D eigenvalue weighted by Gasteiger charge is -2.26. The molecule has 0 saturated carbocycles. The summed E-state index contributed by atoms with van der Waals surface area (Å²) in [5.74, 6) is 0.369. The molecule has 1 aromatic rings. The first-order valence-corrected chi connectivity index (χ1v) is 11.6. The van der Waals surface area contributed by atoms with Gasteiger partial charge in [0.2, 0.25) is 17.7 Å². The highest BCUT2D eigenvalue weighted by Gasteiger charge is 2.39. The summed E-state index contributed by atoms with van der Waals surface area (Å²) in [5, 5.41) is 2.81. The van der Waals surface area contributed by atoms with Gasteiger partial charge in [-0.25, -0.2) is 4.90 Å². The maximum absolute atomic E-state index is 12.5. The van der Waals surface area contributed by atoms with E-state index < -0.39 is 0 Å². The zero-order valence-electron chi connectivity index (χ0n) is 18.5. The third kappa shape index (κ3) is 6.08. The van der Waals surface area contributed by atoms with Crippen LogP contribution in [0.3, 0.4) is 0 Å². The number of amides is 3. The van der Waals surface area contributed by atoms with Crippen molar-refractivity contribution in [2.24, 2.45) is 5.92 Å². The van der Waals surface area contributed by atoms with E-state index in [1.54, 1.807) is 12.1 Å². The van der Waals surface area contributed by atoms with Crippen molar-refractivity contribution in [1.29, 1.82) is 0 Å². The first-order chi connectivity index (χ1) is 13.5. The van der Waals surface area contributed by atoms with E-state index >= 15 is 0 Å². The van der Waals surface area contributed by atoms with Crippen LogP contribution in [0.25, 0.3) is 0 Å². The van der Waals surface area contributed by atoms with Crippen molar-refractivity contribution in [3.8, 4) is 0 Å². The number of rotatable bonds is 9. The van der Waals surface area contributed by atoms with Gasteiger partial charge in [-0.15, -0.1) is 0 Å². The summed E-state index contributed by atoms with van der Waals surface area (Å²) in [4.78, 5) is 38.4. The molecule has 160 valence electrons. The molecule has 0 aliphatic carbocycles. The second-order valence-corrected chi connectivity index (χ2v) is 10.1. The van der Waals surface area contributed by atoms with Crippen molar-refractivity contribution in [2.45, 2.75) is 77.0 Å². The highest BCUT2D eigenvalue weighted by molar-refractivity contribution is 8.00. The summed E-state index contributed by atoms with van der Waals surface area (Å²) < 4.78 is 0. The molecule has 0 bridgehead atoms. The Kier molecular flexibility index (Phi) is 7.92. The van der Waals surface area contributed by atoms with E-state index in [0.29, 0.717) is 18.0 Å². The zero-order valence-corrected chi connectivity index (χ0v) is 19.3. The molecule has 1 heterocycles. The third-order valence-electron chi connectivity index (χ3n) is 5.48. The number of hydrogen-bond acceptors (Lipinski definition) is 4. The van der Waals surface area contributed by atoms with Gasteiger partial charge in [-0.2, -0.15) is 11.8 Å². The van der Waals surface area contributed by atoms with Crippen molar-refractivity contribution in [3.63, 3.8) is 0 Å². The molecule has 1 aliphatic heterocycles. The highest BCUT2D eigenvalue weighted by Crippen LogP contribution is 2.32. The SMILES string of the molecule is CSC1CC(=O)N(c2ccc(C(C)(C)CC(=O)NC(C)CCC(C)C)cc2)C1=O. The van der Waals surface area contributed by atoms with E-state index in [0.717, 1.165) is 18.4 Å². The van der Waals surface area contributed by atoms with Gasteiger partial charge < -0.3 is 5.32 Å². The second-order valence-electron chi connectivity index (χ2n) is 9.04. The minimum absolute atomic E-state index is 0.0445. The van der Waals surface area contributed by atoms with Crippen LogP contribution < -0.4 is 10.2 Å². The highest BCUT2D eigenvalue weighted by atomic mass is 32.2. The van der Waals surface area contributed by atoms with Crippen LogP contribution in [0.2, 0.25) is 0 Å². The minimum Gasteiger partial charge on any atom is -0.354 e. The quantitative estimate of drug-likeness (QED) is 0.608. The molecule has 3 amide bonds. The topological polar surface area (TPSA) is 66.5 Å². The predicted octanol–water partition coefficient (Wildman–Crippen LogP) is 4.29. The number of nitrogens with one attached hydrogen (secondary N) is 1. The minimum atomic E-state index is -0.346. The lowest BCUT2D eigenvalue weighted by Crippen LogP contribution is -2.36. The first-order valence-electron chi connectivity index (χ1n) is 10.3. The lowest BCUT2D eigenvalue weighted by atomic mass is 9.81. The Bertz CT molecular complexity index is 743. The molecule has 1 aromatic carbocycles. The van der Waals surface area contributed by atoms with E-state index in [9.17, 15) is 14.4 Å². The second kappa shape index (κ2) is 9.79. The van der Waals surface area contributed by atoms with Gasteiger partial charge in [0.05, 0.1) is 10.9 Å². The average molecular weight is 419 g/mol. The van der Waals surface area contributed by atoms with Gasteiger partial charge in [-0.1, -0.05) is 39.8 Å². The largest absolute Gasteiger partial charge is 0.354 e. The van der Waals surface area contributed by atoms with Crippen molar-refractivity contribution >= 4 is 35.2 Å². The Morgan fingerprint density at radius 2 is 1.79 bits per heavy atom. The molecular formula is C23H34N2O3S. The van der Waals surface area contributed by atoms with Crippen molar-refractivity contribution in [2.75, 3.05) is 11.2 Å². The molecule has 0 radical (unpaired) electrons. The first kappa shape index (κ1) is 23.5. The van der Waals surface area contributed by atoms with Crippen molar-refractivity contribution in [3.05, 3.63) is 29.8 Å². The molecule has 2 rings (SSSR count). The van der Waals surface area contributed by atoms with Crippen LogP contribution in [0.4, 0.5) is 5.69 Å². The molecule has 2 atom stereocenters. The number of anilines is 1. The molecule has 1 N–H and O–H groups in total. The number of carbonyl (C=O) groups is 3. The lowest BCUT2D eigenvalue weighted by molar-refractivity contribution is -0.123. The van der Waals surface area contributed by atoms with Crippen LogP contribution in [-0.4, -0.2) is 35.3 Å². The maximum atomic E-state index is 12.5. The van der Waals surface area contributed by atoms with E-state index in [-0.39, 0.29) is 40.8 Å². The number of carbonyl (C=O) groups excluding carboxylic acids is 3. The molecule has 2 unspecified atom stereocenters. The molecule has 1 saturated heterocycles. The molecule has 29 heavy (non-hydrogen) atoms. The molecule has 1 fully saturated rings. The van der Waals surface area contributed by atoms with Crippen LogP contribution in [0.15, 0.2) is 24.3 Å². The Morgan fingerprint density at radius 3 is 2.31 bits per heavy atom. The number of imide groups is 1. The Labute approximate surface area is 179 Å². The normalized spacial score (nSPS) is 18.4. The molecular weight excluding hydrogens is 384 g/mol. The van der Waals surface area contributed by atoms with E-state index in [1.807, 2.05) is 39.2 Å². The van der Waals surface area contributed by atoms with Gasteiger partial charge >= 0.3 is 0 Å². The summed E-state index contributed by atoms with van der Waals surface area (Å²) in [6, 6.07) is 7.60. The van der Waals surface area contributed by atoms with Gasteiger partial charge in [0.15, 0.2) is 0 Å². The fraction of sp³-hybridized carbons (Fsp3) is 0.609. The van der Waals surface area contributed by atoms with Gasteiger partial charge in [0.1, 0.15) is 0 Å². The maximum Gasteiger partial charge on any atom is 0.247 e. The predicted molar refractivity (Wildman–Crippen MR) is 120 cm³/mol. The number of benzene rings is 1. The summed E-state index contributed by atoms with van der Waals surface area (Å²) in [7, 11) is 0. The van der Waals surface area contributed by atoms with Crippen molar-refractivity contribution in [1.82, 2.24) is 5.32 Å².